The van der Waals surface area contributed by atoms with Crippen molar-refractivity contribution < 1.29 is 19.4 Å². The number of rotatable bonds is 7. The van der Waals surface area contributed by atoms with Gasteiger partial charge in [-0.15, -0.1) is 0 Å². The first-order valence-corrected chi connectivity index (χ1v) is 11.2. The van der Waals surface area contributed by atoms with Crippen molar-refractivity contribution >= 4 is 34.7 Å². The van der Waals surface area contributed by atoms with Crippen LogP contribution >= 0.6 is 11.6 Å². The fourth-order valence-electron chi connectivity index (χ4n) is 4.52. The number of phenolic OH excluding ortho intramolecular Hbond substituents is 1. The molecule has 2 fully saturated rings. The summed E-state index contributed by atoms with van der Waals surface area (Å²) in [7, 11) is 1.78. The summed E-state index contributed by atoms with van der Waals surface area (Å²) >= 11 is 6.03. The molecule has 32 heavy (non-hydrogen) atoms. The third-order valence-electron chi connectivity index (χ3n) is 6.77. The van der Waals surface area contributed by atoms with Gasteiger partial charge in [-0.25, -0.2) is 0 Å². The highest BCUT2D eigenvalue weighted by atomic mass is 35.5. The molecule has 3 aromatic rings. The molecule has 166 valence electrons. The van der Waals surface area contributed by atoms with Crippen LogP contribution in [0.5, 0.6) is 5.75 Å². The molecule has 1 amide bonds. The number of halogens is 1. The topological polar surface area (TPSA) is 80.6 Å². The second-order valence-electron chi connectivity index (χ2n) is 8.99. The molecule has 1 saturated heterocycles. The van der Waals surface area contributed by atoms with Crippen LogP contribution in [0.3, 0.4) is 0 Å². The van der Waals surface area contributed by atoms with Gasteiger partial charge in [-0.1, -0.05) is 48.7 Å². The molecule has 2 N–H and O–H groups in total. The van der Waals surface area contributed by atoms with Gasteiger partial charge in [0.25, 0.3) is 5.91 Å². The largest absolute Gasteiger partial charge is 0.506 e. The number of aldehydes is 1. The number of aryl methyl sites for hydroxylation is 1. The third kappa shape index (κ3) is 3.57. The van der Waals surface area contributed by atoms with E-state index in [-0.39, 0.29) is 22.6 Å². The Morgan fingerprint density at radius 2 is 2.00 bits per heavy atom. The maximum atomic E-state index is 13.2. The van der Waals surface area contributed by atoms with Gasteiger partial charge < -0.3 is 24.5 Å². The minimum atomic E-state index is -0.626. The molecule has 1 aliphatic carbocycles. The molecule has 2 aromatic carbocycles. The van der Waals surface area contributed by atoms with Gasteiger partial charge in [0.2, 0.25) is 0 Å². The van der Waals surface area contributed by atoms with Crippen LogP contribution in [0, 0.1) is 5.92 Å². The summed E-state index contributed by atoms with van der Waals surface area (Å²) in [4.78, 5) is 24.8. The Morgan fingerprint density at radius 1 is 1.28 bits per heavy atom. The lowest BCUT2D eigenvalue weighted by Gasteiger charge is -2.42. The van der Waals surface area contributed by atoms with Gasteiger partial charge in [-0.3, -0.25) is 4.79 Å². The van der Waals surface area contributed by atoms with Crippen molar-refractivity contribution in [3.05, 3.63) is 64.3 Å². The standard InChI is InChI=1S/C25H25ClN2O4/c1-28-21-9-8-20(26)23(30)19(21)11-22(28)24(31)27-25(13-32-14-25)18-6-4-16(5-7-18)17(12-29)10-15-2-3-15/h4-9,11-12,15,17,30H,2-3,10,13-14H2,1H3,(H,27,31). The predicted molar refractivity (Wildman–Crippen MR) is 122 cm³/mol. The normalized spacial score (nSPS) is 18.2. The SMILES string of the molecule is Cn1c(C(=O)NC2(c3ccc(C(C=O)CC4CC4)cc3)COC2)cc2c(O)c(Cl)ccc21. The Kier molecular flexibility index (Phi) is 5.22. The molecule has 1 aromatic heterocycles. The Labute approximate surface area is 191 Å². The van der Waals surface area contributed by atoms with Gasteiger partial charge >= 0.3 is 0 Å². The van der Waals surface area contributed by atoms with E-state index in [0.29, 0.717) is 30.2 Å². The van der Waals surface area contributed by atoms with Gasteiger partial charge in [0, 0.05) is 18.4 Å². The van der Waals surface area contributed by atoms with Crippen molar-refractivity contribution in [2.24, 2.45) is 13.0 Å². The van der Waals surface area contributed by atoms with E-state index < -0.39 is 5.54 Å². The van der Waals surface area contributed by atoms with E-state index in [1.807, 2.05) is 24.3 Å². The number of aromatic nitrogens is 1. The summed E-state index contributed by atoms with van der Waals surface area (Å²) in [5.74, 6) is 0.304. The van der Waals surface area contributed by atoms with Crippen molar-refractivity contribution in [1.29, 1.82) is 0 Å². The van der Waals surface area contributed by atoms with Crippen molar-refractivity contribution in [3.8, 4) is 5.75 Å². The fourth-order valence-corrected chi connectivity index (χ4v) is 4.68. The molecule has 0 spiro atoms. The van der Waals surface area contributed by atoms with Gasteiger partial charge in [-0.2, -0.15) is 0 Å². The smallest absolute Gasteiger partial charge is 0.268 e. The molecule has 5 rings (SSSR count). The summed E-state index contributed by atoms with van der Waals surface area (Å²) in [6, 6.07) is 13.0. The van der Waals surface area contributed by atoms with Gasteiger partial charge in [0.15, 0.2) is 0 Å². The van der Waals surface area contributed by atoms with E-state index >= 15 is 0 Å². The zero-order chi connectivity index (χ0) is 22.5. The molecule has 0 bridgehead atoms. The maximum absolute atomic E-state index is 13.2. The van der Waals surface area contributed by atoms with Crippen molar-refractivity contribution in [2.75, 3.05) is 13.2 Å². The molecule has 1 aliphatic heterocycles. The molecule has 7 heteroatoms. The predicted octanol–water partition coefficient (Wildman–Crippen LogP) is 4.28. The second-order valence-corrected chi connectivity index (χ2v) is 9.40. The zero-order valence-electron chi connectivity index (χ0n) is 17.8. The quantitative estimate of drug-likeness (QED) is 0.524. The van der Waals surface area contributed by atoms with E-state index in [9.17, 15) is 14.7 Å². The van der Waals surface area contributed by atoms with Crippen LogP contribution in [0.2, 0.25) is 5.02 Å². The zero-order valence-corrected chi connectivity index (χ0v) is 18.6. The maximum Gasteiger partial charge on any atom is 0.268 e. The van der Waals surface area contributed by atoms with Crippen LogP contribution in [-0.2, 0) is 22.1 Å². The number of phenols is 1. The molecule has 1 unspecified atom stereocenters. The Morgan fingerprint density at radius 3 is 2.59 bits per heavy atom. The summed E-state index contributed by atoms with van der Waals surface area (Å²) in [5.41, 5.74) is 2.47. The summed E-state index contributed by atoms with van der Waals surface area (Å²) in [5, 5.41) is 14.2. The number of hydrogen-bond donors (Lipinski definition) is 2. The van der Waals surface area contributed by atoms with Crippen molar-refractivity contribution in [3.63, 3.8) is 0 Å². The molecular weight excluding hydrogens is 428 g/mol. The highest BCUT2D eigenvalue weighted by Crippen LogP contribution is 2.39. The molecule has 2 aliphatic rings. The molecule has 1 atom stereocenters. The minimum Gasteiger partial charge on any atom is -0.506 e. The Bertz CT molecular complexity index is 1190. The summed E-state index contributed by atoms with van der Waals surface area (Å²) in [6.07, 6.45) is 4.38. The molecule has 6 nitrogen and oxygen atoms in total. The number of hydrogen-bond acceptors (Lipinski definition) is 4. The van der Waals surface area contributed by atoms with E-state index in [4.69, 9.17) is 16.3 Å². The molecule has 1 saturated carbocycles. The number of carbonyl (C=O) groups is 2. The van der Waals surface area contributed by atoms with Gasteiger partial charge in [-0.05, 0) is 41.7 Å². The Balaban J connectivity index is 1.39. The van der Waals surface area contributed by atoms with E-state index in [1.165, 1.54) is 12.8 Å². The van der Waals surface area contributed by atoms with E-state index in [2.05, 4.69) is 5.32 Å². The van der Waals surface area contributed by atoms with Crippen LogP contribution in [0.4, 0.5) is 0 Å². The number of carbonyl (C=O) groups excluding carboxylic acids is 2. The lowest BCUT2D eigenvalue weighted by Crippen LogP contribution is -2.59. The number of aromatic hydroxyl groups is 1. The molecule has 2 heterocycles. The van der Waals surface area contributed by atoms with Crippen molar-refractivity contribution in [1.82, 2.24) is 9.88 Å². The van der Waals surface area contributed by atoms with Crippen LogP contribution < -0.4 is 5.32 Å². The first-order valence-electron chi connectivity index (χ1n) is 10.8. The highest BCUT2D eigenvalue weighted by molar-refractivity contribution is 6.33. The Hall–Kier alpha value is -2.83. The lowest BCUT2D eigenvalue weighted by molar-refractivity contribution is -0.109. The number of ether oxygens (including phenoxy) is 1. The van der Waals surface area contributed by atoms with Crippen LogP contribution in [0.1, 0.15) is 46.8 Å². The van der Waals surface area contributed by atoms with Crippen LogP contribution in [-0.4, -0.2) is 35.1 Å². The second kappa shape index (κ2) is 7.94. The average Bonchev–Trinajstić information content (AvgIpc) is 3.53. The molecular formula is C25H25ClN2O4. The fraction of sp³-hybridized carbons (Fsp3) is 0.360. The van der Waals surface area contributed by atoms with Gasteiger partial charge in [0.1, 0.15) is 23.3 Å². The van der Waals surface area contributed by atoms with E-state index in [0.717, 1.165) is 29.4 Å². The van der Waals surface area contributed by atoms with Crippen LogP contribution in [0.25, 0.3) is 10.9 Å². The number of fused-ring (bicyclic) bond motifs is 1. The van der Waals surface area contributed by atoms with Crippen LogP contribution in [0.15, 0.2) is 42.5 Å². The third-order valence-corrected chi connectivity index (χ3v) is 7.08. The monoisotopic (exact) mass is 452 g/mol. The molecule has 0 radical (unpaired) electrons. The number of nitrogens with one attached hydrogen (secondary N) is 1. The number of benzene rings is 2. The highest BCUT2D eigenvalue weighted by Gasteiger charge is 2.42. The number of nitrogens with zero attached hydrogens (tertiary/aromatic N) is 1. The minimum absolute atomic E-state index is 0.0352. The summed E-state index contributed by atoms with van der Waals surface area (Å²) < 4.78 is 7.22. The van der Waals surface area contributed by atoms with E-state index in [1.54, 1.807) is 29.8 Å². The number of amides is 1. The summed E-state index contributed by atoms with van der Waals surface area (Å²) in [6.45, 7) is 0.747. The lowest BCUT2D eigenvalue weighted by atomic mass is 9.85. The van der Waals surface area contributed by atoms with Gasteiger partial charge in [0.05, 0.1) is 23.8 Å². The first kappa shape index (κ1) is 21.0. The van der Waals surface area contributed by atoms with Crippen molar-refractivity contribution in [2.45, 2.75) is 30.7 Å². The average molecular weight is 453 g/mol. The first-order chi connectivity index (χ1) is 15.4.